The Bertz CT molecular complexity index is 1260. The quantitative estimate of drug-likeness (QED) is 0.476. The van der Waals surface area contributed by atoms with E-state index in [1.54, 1.807) is 34.1 Å². The summed E-state index contributed by atoms with van der Waals surface area (Å²) in [6, 6.07) is 11.4. The van der Waals surface area contributed by atoms with Crippen LogP contribution in [0, 0.1) is 5.92 Å². The van der Waals surface area contributed by atoms with E-state index >= 15 is 0 Å². The van der Waals surface area contributed by atoms with Crippen LogP contribution in [0.1, 0.15) is 36.6 Å². The van der Waals surface area contributed by atoms with Crippen molar-refractivity contribution in [3.63, 3.8) is 0 Å². The van der Waals surface area contributed by atoms with E-state index in [0.29, 0.717) is 41.8 Å². The standard InChI is InChI=1S/C25H22ClF3N4O3/c26-19-7-9-20(10-8-19)33-14-17(12-21(33)34)24(35)32-11-1-2-16(13-32)23-31-30-22(36-23)15-3-5-18(6-4-15)25(27,28)29/h3-10,16-17H,1-2,11-14H2. The molecule has 11 heteroatoms. The van der Waals surface area contributed by atoms with Crippen LogP contribution in [0.2, 0.25) is 5.02 Å². The van der Waals surface area contributed by atoms with E-state index in [0.717, 1.165) is 25.0 Å². The van der Waals surface area contributed by atoms with Crippen molar-refractivity contribution in [1.82, 2.24) is 15.1 Å². The van der Waals surface area contributed by atoms with E-state index in [4.69, 9.17) is 16.0 Å². The Morgan fingerprint density at radius 2 is 1.75 bits per heavy atom. The van der Waals surface area contributed by atoms with Crippen LogP contribution in [0.25, 0.3) is 11.5 Å². The van der Waals surface area contributed by atoms with Gasteiger partial charge in [0.15, 0.2) is 0 Å². The average Bonchev–Trinajstić information content (AvgIpc) is 3.51. The number of hydrogen-bond donors (Lipinski definition) is 0. The van der Waals surface area contributed by atoms with E-state index in [1.165, 1.54) is 12.1 Å². The van der Waals surface area contributed by atoms with E-state index in [-0.39, 0.29) is 30.0 Å². The largest absolute Gasteiger partial charge is 0.420 e. The summed E-state index contributed by atoms with van der Waals surface area (Å²) in [5.74, 6) is -0.371. The zero-order valence-corrected chi connectivity index (χ0v) is 19.8. The molecule has 0 spiro atoms. The molecule has 5 rings (SSSR count). The maximum absolute atomic E-state index is 13.3. The first-order valence-corrected chi connectivity index (χ1v) is 11.9. The Hall–Kier alpha value is -3.40. The molecular weight excluding hydrogens is 497 g/mol. The lowest BCUT2D eigenvalue weighted by Crippen LogP contribution is -2.43. The number of alkyl halides is 3. The molecule has 2 saturated heterocycles. The van der Waals surface area contributed by atoms with Crippen molar-refractivity contribution >= 4 is 29.1 Å². The molecule has 0 saturated carbocycles. The second kappa shape index (κ2) is 9.57. The van der Waals surface area contributed by atoms with Gasteiger partial charge in [0.25, 0.3) is 0 Å². The van der Waals surface area contributed by atoms with Gasteiger partial charge in [-0.3, -0.25) is 9.59 Å². The van der Waals surface area contributed by atoms with Crippen molar-refractivity contribution in [2.75, 3.05) is 24.5 Å². The Morgan fingerprint density at radius 1 is 1.03 bits per heavy atom. The summed E-state index contributed by atoms with van der Waals surface area (Å²) in [5, 5.41) is 8.67. The Balaban J connectivity index is 1.24. The molecule has 3 heterocycles. The lowest BCUT2D eigenvalue weighted by molar-refractivity contribution is -0.138. The minimum atomic E-state index is -4.42. The third kappa shape index (κ3) is 4.95. The second-order valence-electron chi connectivity index (χ2n) is 9.03. The maximum atomic E-state index is 13.3. The molecule has 2 aromatic carbocycles. The number of benzene rings is 2. The minimum absolute atomic E-state index is 0.0907. The molecule has 0 aliphatic carbocycles. The molecule has 3 aromatic rings. The van der Waals surface area contributed by atoms with Gasteiger partial charge in [-0.15, -0.1) is 10.2 Å². The van der Waals surface area contributed by atoms with Gasteiger partial charge in [-0.2, -0.15) is 13.2 Å². The summed E-state index contributed by atoms with van der Waals surface area (Å²) in [4.78, 5) is 29.2. The predicted octanol–water partition coefficient (Wildman–Crippen LogP) is 5.17. The summed E-state index contributed by atoms with van der Waals surface area (Å²) in [6.45, 7) is 1.25. The summed E-state index contributed by atoms with van der Waals surface area (Å²) in [5.41, 5.74) is 0.336. The van der Waals surface area contributed by atoms with Crippen molar-refractivity contribution in [3.8, 4) is 11.5 Å². The average molecular weight is 519 g/mol. The summed E-state index contributed by atoms with van der Waals surface area (Å²) in [6.07, 6.45) is -2.82. The fourth-order valence-corrected chi connectivity index (χ4v) is 4.82. The van der Waals surface area contributed by atoms with Crippen molar-refractivity contribution in [2.24, 2.45) is 5.92 Å². The van der Waals surface area contributed by atoms with Crippen molar-refractivity contribution in [3.05, 3.63) is 65.0 Å². The smallest absolute Gasteiger partial charge is 0.416 e. The van der Waals surface area contributed by atoms with Crippen LogP contribution in [-0.2, 0) is 15.8 Å². The number of rotatable bonds is 4. The number of nitrogens with zero attached hydrogens (tertiary/aromatic N) is 4. The van der Waals surface area contributed by atoms with Gasteiger partial charge in [0.2, 0.25) is 23.6 Å². The number of amides is 2. The molecule has 0 N–H and O–H groups in total. The molecule has 2 aliphatic heterocycles. The number of halogens is 4. The van der Waals surface area contributed by atoms with Crippen LogP contribution < -0.4 is 4.90 Å². The highest BCUT2D eigenvalue weighted by atomic mass is 35.5. The molecular formula is C25H22ClF3N4O3. The van der Waals surface area contributed by atoms with Crippen LogP contribution >= 0.6 is 11.6 Å². The molecule has 2 amide bonds. The molecule has 2 aliphatic rings. The van der Waals surface area contributed by atoms with Gasteiger partial charge >= 0.3 is 6.18 Å². The van der Waals surface area contributed by atoms with Gasteiger partial charge in [-0.1, -0.05) is 11.6 Å². The van der Waals surface area contributed by atoms with Crippen molar-refractivity contribution in [2.45, 2.75) is 31.4 Å². The fraction of sp³-hybridized carbons (Fsp3) is 0.360. The van der Waals surface area contributed by atoms with Crippen molar-refractivity contribution in [1.29, 1.82) is 0 Å². The molecule has 36 heavy (non-hydrogen) atoms. The van der Waals surface area contributed by atoms with Crippen LogP contribution in [0.15, 0.2) is 52.9 Å². The zero-order valence-electron chi connectivity index (χ0n) is 19.0. The van der Waals surface area contributed by atoms with Crippen molar-refractivity contribution < 1.29 is 27.2 Å². The first-order valence-electron chi connectivity index (χ1n) is 11.5. The molecule has 2 fully saturated rings. The molecule has 0 bridgehead atoms. The molecule has 7 nitrogen and oxygen atoms in total. The number of likely N-dealkylation sites (tertiary alicyclic amines) is 1. The van der Waals surface area contributed by atoms with Crippen LogP contribution in [0.3, 0.4) is 0 Å². The topological polar surface area (TPSA) is 79.5 Å². The highest BCUT2D eigenvalue weighted by molar-refractivity contribution is 6.30. The number of carbonyl (C=O) groups excluding carboxylic acids is 2. The maximum Gasteiger partial charge on any atom is 0.416 e. The molecule has 0 radical (unpaired) electrons. The normalized spacial score (nSPS) is 20.7. The van der Waals surface area contributed by atoms with Gasteiger partial charge in [-0.25, -0.2) is 0 Å². The van der Waals surface area contributed by atoms with Gasteiger partial charge < -0.3 is 14.2 Å². The fourth-order valence-electron chi connectivity index (χ4n) is 4.70. The van der Waals surface area contributed by atoms with Gasteiger partial charge in [0, 0.05) is 42.3 Å². The number of anilines is 1. The Morgan fingerprint density at radius 3 is 2.44 bits per heavy atom. The van der Waals surface area contributed by atoms with E-state index < -0.39 is 17.7 Å². The van der Waals surface area contributed by atoms with Crippen LogP contribution in [-0.4, -0.2) is 46.5 Å². The highest BCUT2D eigenvalue weighted by Gasteiger charge is 2.39. The van der Waals surface area contributed by atoms with E-state index in [9.17, 15) is 22.8 Å². The number of carbonyl (C=O) groups is 2. The van der Waals surface area contributed by atoms with Crippen LogP contribution in [0.5, 0.6) is 0 Å². The first-order chi connectivity index (χ1) is 17.2. The minimum Gasteiger partial charge on any atom is -0.420 e. The van der Waals surface area contributed by atoms with E-state index in [1.807, 2.05) is 0 Å². The zero-order chi connectivity index (χ0) is 25.4. The SMILES string of the molecule is O=C(C1CC(=O)N(c2ccc(Cl)cc2)C1)N1CCCC(c2nnc(-c3ccc(C(F)(F)F)cc3)o2)C1. The van der Waals surface area contributed by atoms with E-state index in [2.05, 4.69) is 10.2 Å². The molecule has 1 aromatic heterocycles. The number of hydrogen-bond acceptors (Lipinski definition) is 5. The highest BCUT2D eigenvalue weighted by Crippen LogP contribution is 2.33. The predicted molar refractivity (Wildman–Crippen MR) is 125 cm³/mol. The van der Waals surface area contributed by atoms with Gasteiger partial charge in [0.05, 0.1) is 17.4 Å². The summed E-state index contributed by atoms with van der Waals surface area (Å²) < 4.78 is 44.2. The molecule has 2 atom stereocenters. The monoisotopic (exact) mass is 518 g/mol. The second-order valence-corrected chi connectivity index (χ2v) is 9.46. The molecule has 188 valence electrons. The Kier molecular flexibility index (Phi) is 6.46. The third-order valence-corrected chi connectivity index (χ3v) is 6.85. The Labute approximate surface area is 209 Å². The lowest BCUT2D eigenvalue weighted by atomic mass is 9.96. The lowest BCUT2D eigenvalue weighted by Gasteiger charge is -2.32. The van der Waals surface area contributed by atoms with Gasteiger partial charge in [0.1, 0.15) is 0 Å². The summed E-state index contributed by atoms with van der Waals surface area (Å²) >= 11 is 5.94. The first kappa shape index (κ1) is 24.3. The number of aromatic nitrogens is 2. The molecule has 2 unspecified atom stereocenters. The van der Waals surface area contributed by atoms with Gasteiger partial charge in [-0.05, 0) is 61.4 Å². The summed E-state index contributed by atoms with van der Waals surface area (Å²) in [7, 11) is 0. The number of piperidine rings is 1. The van der Waals surface area contributed by atoms with Crippen LogP contribution in [0.4, 0.5) is 18.9 Å². The third-order valence-electron chi connectivity index (χ3n) is 6.59.